The highest BCUT2D eigenvalue weighted by Gasteiger charge is 1.79. The van der Waals surface area contributed by atoms with Gasteiger partial charge in [0.1, 0.15) is 0 Å². The SMILES string of the molecule is [2H]C=COC(C)=O. The summed E-state index contributed by atoms with van der Waals surface area (Å²) in [4.78, 5) is 9.85. The summed E-state index contributed by atoms with van der Waals surface area (Å²) in [5, 5.41) is 0. The minimum absolute atomic E-state index is 0.400. The maximum absolute atomic E-state index is 9.85. The van der Waals surface area contributed by atoms with Crippen molar-refractivity contribution >= 4 is 5.97 Å². The Bertz CT molecular complexity index is 87.7. The quantitative estimate of drug-likeness (QED) is 0.347. The van der Waals surface area contributed by atoms with Gasteiger partial charge in [-0.15, -0.1) is 0 Å². The van der Waals surface area contributed by atoms with E-state index in [-0.39, 0.29) is 0 Å². The predicted molar refractivity (Wildman–Crippen MR) is 22.0 cm³/mol. The third-order valence-electron chi connectivity index (χ3n) is 0.234. The monoisotopic (exact) mass is 87.0 g/mol. The average molecular weight is 87.1 g/mol. The van der Waals surface area contributed by atoms with Gasteiger partial charge in [-0.25, -0.2) is 0 Å². The predicted octanol–water partition coefficient (Wildman–Crippen LogP) is 0.693. The van der Waals surface area contributed by atoms with Crippen LogP contribution in [0, 0.1) is 0 Å². The molecule has 2 nitrogen and oxygen atoms in total. The maximum atomic E-state index is 9.85. The standard InChI is InChI=1S/C4H6O2/c1-3-6-4(2)5/h3H,1H2,2H3/i1D. The van der Waals surface area contributed by atoms with Gasteiger partial charge in [0.2, 0.25) is 0 Å². The maximum Gasteiger partial charge on any atom is 0.307 e. The van der Waals surface area contributed by atoms with Crippen molar-refractivity contribution in [3.8, 4) is 0 Å². The van der Waals surface area contributed by atoms with Crippen LogP contribution in [-0.2, 0) is 9.53 Å². The molecule has 0 aromatic heterocycles. The minimum atomic E-state index is -0.400. The third kappa shape index (κ3) is 3.21. The normalized spacial score (nSPS) is 11.2. The van der Waals surface area contributed by atoms with Crippen LogP contribution in [0.4, 0.5) is 0 Å². The van der Waals surface area contributed by atoms with Crippen LogP contribution in [0.5, 0.6) is 0 Å². The molecule has 0 aliphatic rings. The molecule has 6 heavy (non-hydrogen) atoms. The fraction of sp³-hybridized carbons (Fsp3) is 0.250. The lowest BCUT2D eigenvalue weighted by Gasteiger charge is -1.83. The van der Waals surface area contributed by atoms with E-state index >= 15 is 0 Å². The summed E-state index contributed by atoms with van der Waals surface area (Å²) < 4.78 is 10.5. The molecule has 0 aromatic carbocycles. The summed E-state index contributed by atoms with van der Waals surface area (Å²) in [5.74, 6) is -0.400. The van der Waals surface area contributed by atoms with E-state index in [0.29, 0.717) is 0 Å². The molecule has 0 saturated heterocycles. The molecule has 0 aliphatic heterocycles. The van der Waals surface area contributed by atoms with Gasteiger partial charge in [-0.3, -0.25) is 4.79 Å². The molecular formula is C4H6O2. The molecule has 0 bridgehead atoms. The van der Waals surface area contributed by atoms with Gasteiger partial charge in [0, 0.05) is 6.92 Å². The third-order valence-corrected chi connectivity index (χ3v) is 0.234. The van der Waals surface area contributed by atoms with Crippen LogP contribution in [-0.4, -0.2) is 5.97 Å². The summed E-state index contributed by atoms with van der Waals surface area (Å²) in [6, 6.07) is 0. The van der Waals surface area contributed by atoms with Crippen molar-refractivity contribution in [1.82, 2.24) is 0 Å². The number of carbonyl (C=O) groups is 1. The van der Waals surface area contributed by atoms with Crippen LogP contribution in [0.25, 0.3) is 0 Å². The number of ether oxygens (including phenoxy) is 1. The lowest BCUT2D eigenvalue weighted by atomic mass is 10.8. The second-order valence-corrected chi connectivity index (χ2v) is 0.746. The fourth-order valence-electron chi connectivity index (χ4n) is 0.0958. The Labute approximate surface area is 37.8 Å². The zero-order valence-corrected chi connectivity index (χ0v) is 3.47. The molecule has 0 spiro atoms. The molecule has 0 heterocycles. The van der Waals surface area contributed by atoms with Crippen molar-refractivity contribution in [3.05, 3.63) is 12.8 Å². The van der Waals surface area contributed by atoms with Crippen LogP contribution in [0.1, 0.15) is 8.29 Å². The number of hydrogen-bond acceptors (Lipinski definition) is 2. The molecule has 0 saturated carbocycles. The number of carbonyl (C=O) groups excluding carboxylic acids is 1. The number of esters is 1. The smallest absolute Gasteiger partial charge is 0.307 e. The Morgan fingerprint density at radius 2 is 3.00 bits per heavy atom. The van der Waals surface area contributed by atoms with Gasteiger partial charge in [-0.1, -0.05) is 6.55 Å². The van der Waals surface area contributed by atoms with E-state index in [1.165, 1.54) is 6.92 Å². The molecule has 0 aromatic rings. The first-order valence-electron chi connectivity index (χ1n) is 2.05. The lowest BCUT2D eigenvalue weighted by molar-refractivity contribution is -0.135. The molecule has 0 unspecified atom stereocenters. The van der Waals surface area contributed by atoms with E-state index in [9.17, 15) is 4.79 Å². The molecule has 0 atom stereocenters. The van der Waals surface area contributed by atoms with Crippen LogP contribution >= 0.6 is 0 Å². The van der Waals surface area contributed by atoms with Gasteiger partial charge < -0.3 is 4.74 Å². The van der Waals surface area contributed by atoms with E-state index in [2.05, 4.69) is 4.74 Å². The van der Waals surface area contributed by atoms with E-state index in [1.807, 2.05) is 0 Å². The molecule has 0 radical (unpaired) electrons. The molecule has 0 aliphatic carbocycles. The van der Waals surface area contributed by atoms with Gasteiger partial charge in [-0.2, -0.15) is 0 Å². The van der Waals surface area contributed by atoms with Crippen LogP contribution in [0.3, 0.4) is 0 Å². The van der Waals surface area contributed by atoms with Crippen molar-refractivity contribution < 1.29 is 10.9 Å². The summed E-state index contributed by atoms with van der Waals surface area (Å²) in [5.41, 5.74) is 0. The molecule has 34 valence electrons. The second kappa shape index (κ2) is 2.45. The van der Waals surface area contributed by atoms with Crippen LogP contribution in [0.15, 0.2) is 12.8 Å². The van der Waals surface area contributed by atoms with Gasteiger partial charge >= 0.3 is 5.97 Å². The molecule has 2 heteroatoms. The molecule has 0 amide bonds. The topological polar surface area (TPSA) is 26.3 Å². The van der Waals surface area contributed by atoms with E-state index in [4.69, 9.17) is 1.37 Å². The second-order valence-electron chi connectivity index (χ2n) is 0.746. The Morgan fingerprint density at radius 1 is 2.33 bits per heavy atom. The highest BCUT2D eigenvalue weighted by Crippen LogP contribution is 1.70. The Morgan fingerprint density at radius 3 is 3.17 bits per heavy atom. The first kappa shape index (κ1) is 3.40. The largest absolute Gasteiger partial charge is 0.435 e. The average Bonchev–Trinajstić information content (AvgIpc) is 1.61. The fourth-order valence-corrected chi connectivity index (χ4v) is 0.0958. The molecule has 0 rings (SSSR count). The van der Waals surface area contributed by atoms with Crippen molar-refractivity contribution in [2.45, 2.75) is 6.92 Å². The Hall–Kier alpha value is -0.790. The molecule has 0 fully saturated rings. The highest BCUT2D eigenvalue weighted by atomic mass is 16.5. The van der Waals surface area contributed by atoms with E-state index in [1.54, 1.807) is 0 Å². The first-order chi connectivity index (χ1) is 3.27. The highest BCUT2D eigenvalue weighted by molar-refractivity contribution is 5.66. The van der Waals surface area contributed by atoms with Crippen LogP contribution < -0.4 is 0 Å². The van der Waals surface area contributed by atoms with Gasteiger partial charge in [0.15, 0.2) is 0 Å². The summed E-state index contributed by atoms with van der Waals surface area (Å²) >= 11 is 0. The minimum Gasteiger partial charge on any atom is -0.435 e. The zero-order valence-electron chi connectivity index (χ0n) is 4.47. The Kier molecular flexibility index (Phi) is 1.39. The van der Waals surface area contributed by atoms with Crippen molar-refractivity contribution in [2.75, 3.05) is 0 Å². The van der Waals surface area contributed by atoms with Gasteiger partial charge in [0.25, 0.3) is 0 Å². The molecular weight excluding hydrogens is 80.0 g/mol. The van der Waals surface area contributed by atoms with Gasteiger partial charge in [0.05, 0.1) is 7.63 Å². The van der Waals surface area contributed by atoms with E-state index in [0.717, 1.165) is 12.8 Å². The van der Waals surface area contributed by atoms with Crippen molar-refractivity contribution in [2.24, 2.45) is 0 Å². The zero-order chi connectivity index (χ0) is 5.70. The summed E-state index contributed by atoms with van der Waals surface area (Å²) in [6.45, 7) is 2.18. The van der Waals surface area contributed by atoms with Crippen molar-refractivity contribution in [1.29, 1.82) is 0 Å². The Balaban J connectivity index is 3.14. The van der Waals surface area contributed by atoms with Crippen LogP contribution in [0.2, 0.25) is 0 Å². The van der Waals surface area contributed by atoms with Crippen molar-refractivity contribution in [3.63, 3.8) is 0 Å². The van der Waals surface area contributed by atoms with E-state index < -0.39 is 5.97 Å². The number of hydrogen-bond donors (Lipinski definition) is 0. The molecule has 0 N–H and O–H groups in total. The summed E-state index contributed by atoms with van der Waals surface area (Å²) in [6.07, 6.45) is 1.02. The number of rotatable bonds is 1. The van der Waals surface area contributed by atoms with Gasteiger partial charge in [-0.05, 0) is 0 Å². The summed E-state index contributed by atoms with van der Waals surface area (Å²) in [7, 11) is 0. The first-order valence-corrected chi connectivity index (χ1v) is 1.48. The lowest BCUT2D eigenvalue weighted by Crippen LogP contribution is -1.87.